The van der Waals surface area contributed by atoms with Gasteiger partial charge in [0.25, 0.3) is 0 Å². The number of imide groups is 1. The summed E-state index contributed by atoms with van der Waals surface area (Å²) >= 11 is 0. The minimum Gasteiger partial charge on any atom is -0.299 e. The van der Waals surface area contributed by atoms with Gasteiger partial charge in [-0.15, -0.1) is 0 Å². The molecule has 2 aliphatic rings. The van der Waals surface area contributed by atoms with E-state index in [2.05, 4.69) is 40.5 Å². The lowest BCUT2D eigenvalue weighted by Crippen LogP contribution is -2.39. The van der Waals surface area contributed by atoms with Crippen molar-refractivity contribution in [2.24, 2.45) is 11.8 Å². The Hall–Kier alpha value is -1.68. The number of hydrogen-bond donors (Lipinski definition) is 1. The second kappa shape index (κ2) is 7.73. The van der Waals surface area contributed by atoms with Gasteiger partial charge in [0.05, 0.1) is 0 Å². The van der Waals surface area contributed by atoms with Gasteiger partial charge in [-0.3, -0.25) is 19.8 Å². The number of piperidine rings is 2. The van der Waals surface area contributed by atoms with Crippen LogP contribution in [0.15, 0.2) is 30.3 Å². The number of carbonyl (C=O) groups excluding carboxylic acids is 2. The molecule has 0 saturated carbocycles. The maximum Gasteiger partial charge on any atom is 0.226 e. The molecule has 4 nitrogen and oxygen atoms in total. The number of hydrogen-bond acceptors (Lipinski definition) is 3. The zero-order valence-corrected chi connectivity index (χ0v) is 13.7. The van der Waals surface area contributed by atoms with E-state index in [0.29, 0.717) is 12.8 Å². The first-order chi connectivity index (χ1) is 11.2. The van der Waals surface area contributed by atoms with Crippen molar-refractivity contribution >= 4 is 11.8 Å². The monoisotopic (exact) mass is 314 g/mol. The van der Waals surface area contributed by atoms with E-state index in [1.807, 2.05) is 0 Å². The fourth-order valence-corrected chi connectivity index (χ4v) is 3.80. The lowest BCUT2D eigenvalue weighted by molar-refractivity contribution is -0.135. The molecule has 2 aliphatic heterocycles. The Morgan fingerprint density at radius 3 is 2.17 bits per heavy atom. The summed E-state index contributed by atoms with van der Waals surface area (Å²) in [4.78, 5) is 25.4. The third-order valence-electron chi connectivity index (χ3n) is 5.17. The van der Waals surface area contributed by atoms with Gasteiger partial charge in [0.2, 0.25) is 11.8 Å². The van der Waals surface area contributed by atoms with Gasteiger partial charge in [-0.1, -0.05) is 36.8 Å². The average Bonchev–Trinajstić information content (AvgIpc) is 2.54. The minimum absolute atomic E-state index is 0.0936. The topological polar surface area (TPSA) is 49.4 Å². The molecule has 0 aliphatic carbocycles. The smallest absolute Gasteiger partial charge is 0.226 e. The first kappa shape index (κ1) is 16.2. The fourth-order valence-electron chi connectivity index (χ4n) is 3.80. The van der Waals surface area contributed by atoms with Crippen molar-refractivity contribution in [3.8, 4) is 0 Å². The highest BCUT2D eigenvalue weighted by Gasteiger charge is 2.26. The van der Waals surface area contributed by atoms with Crippen molar-refractivity contribution in [1.29, 1.82) is 0 Å². The Morgan fingerprint density at radius 1 is 0.913 bits per heavy atom. The first-order valence-corrected chi connectivity index (χ1v) is 8.78. The second-order valence-corrected chi connectivity index (χ2v) is 7.03. The first-order valence-electron chi connectivity index (χ1n) is 8.78. The SMILES string of the molecule is O=C1CC(CCC2CCN(Cc3ccccc3)CC2)CC(=O)N1. The van der Waals surface area contributed by atoms with Crippen LogP contribution < -0.4 is 5.32 Å². The van der Waals surface area contributed by atoms with Crippen LogP contribution in [-0.2, 0) is 16.1 Å². The van der Waals surface area contributed by atoms with E-state index in [-0.39, 0.29) is 17.7 Å². The lowest BCUT2D eigenvalue weighted by atomic mass is 9.85. The standard InChI is InChI=1S/C19H26N2O2/c22-18-12-17(13-19(23)20-18)7-6-15-8-10-21(11-9-15)14-16-4-2-1-3-5-16/h1-5,15,17H,6-14H2,(H,20,22,23). The Kier molecular flexibility index (Phi) is 5.44. The molecule has 0 atom stereocenters. The third kappa shape index (κ3) is 4.90. The van der Waals surface area contributed by atoms with Crippen molar-refractivity contribution in [2.75, 3.05) is 13.1 Å². The molecule has 3 rings (SSSR count). The molecule has 0 aromatic heterocycles. The van der Waals surface area contributed by atoms with Gasteiger partial charge < -0.3 is 0 Å². The summed E-state index contributed by atoms with van der Waals surface area (Å²) in [5, 5.41) is 2.39. The van der Waals surface area contributed by atoms with Gasteiger partial charge in [0.15, 0.2) is 0 Å². The number of amides is 2. The van der Waals surface area contributed by atoms with E-state index >= 15 is 0 Å². The van der Waals surface area contributed by atoms with Crippen molar-refractivity contribution in [3.05, 3.63) is 35.9 Å². The predicted octanol–water partition coefficient (Wildman–Crippen LogP) is 2.73. The number of rotatable bonds is 5. The van der Waals surface area contributed by atoms with Gasteiger partial charge in [-0.05, 0) is 49.8 Å². The molecular weight excluding hydrogens is 288 g/mol. The van der Waals surface area contributed by atoms with Crippen LogP contribution in [0.3, 0.4) is 0 Å². The highest BCUT2D eigenvalue weighted by molar-refractivity contribution is 5.97. The van der Waals surface area contributed by atoms with Crippen LogP contribution in [0.25, 0.3) is 0 Å². The molecule has 1 aromatic rings. The van der Waals surface area contributed by atoms with Crippen molar-refractivity contribution in [2.45, 2.75) is 45.1 Å². The quantitative estimate of drug-likeness (QED) is 0.850. The zero-order valence-electron chi connectivity index (χ0n) is 13.7. The van der Waals surface area contributed by atoms with E-state index in [1.165, 1.54) is 18.4 Å². The molecule has 2 heterocycles. The molecule has 1 N–H and O–H groups in total. The van der Waals surface area contributed by atoms with Crippen LogP contribution in [-0.4, -0.2) is 29.8 Å². The third-order valence-corrected chi connectivity index (χ3v) is 5.17. The van der Waals surface area contributed by atoms with Crippen LogP contribution in [0.4, 0.5) is 0 Å². The molecule has 23 heavy (non-hydrogen) atoms. The molecular formula is C19H26N2O2. The second-order valence-electron chi connectivity index (χ2n) is 7.03. The maximum atomic E-state index is 11.4. The molecule has 0 bridgehead atoms. The van der Waals surface area contributed by atoms with Crippen LogP contribution in [0.5, 0.6) is 0 Å². The van der Waals surface area contributed by atoms with E-state index in [0.717, 1.165) is 38.4 Å². The fraction of sp³-hybridized carbons (Fsp3) is 0.579. The number of carbonyl (C=O) groups is 2. The molecule has 2 amide bonds. The zero-order chi connectivity index (χ0) is 16.1. The van der Waals surface area contributed by atoms with Crippen LogP contribution >= 0.6 is 0 Å². The summed E-state index contributed by atoms with van der Waals surface area (Å²) in [7, 11) is 0. The van der Waals surface area contributed by atoms with E-state index in [4.69, 9.17) is 0 Å². The summed E-state index contributed by atoms with van der Waals surface area (Å²) in [6, 6.07) is 10.6. The average molecular weight is 314 g/mol. The molecule has 124 valence electrons. The molecule has 4 heteroatoms. The highest BCUT2D eigenvalue weighted by Crippen LogP contribution is 2.27. The normalized spacial score (nSPS) is 21.4. The van der Waals surface area contributed by atoms with Gasteiger partial charge in [-0.2, -0.15) is 0 Å². The lowest BCUT2D eigenvalue weighted by Gasteiger charge is -2.33. The molecule has 0 radical (unpaired) electrons. The summed E-state index contributed by atoms with van der Waals surface area (Å²) in [5.74, 6) is 0.827. The van der Waals surface area contributed by atoms with Crippen LogP contribution in [0.1, 0.15) is 44.1 Å². The van der Waals surface area contributed by atoms with Gasteiger partial charge in [0.1, 0.15) is 0 Å². The summed E-state index contributed by atoms with van der Waals surface area (Å²) in [6.45, 7) is 3.36. The van der Waals surface area contributed by atoms with E-state index < -0.39 is 0 Å². The number of nitrogens with one attached hydrogen (secondary N) is 1. The molecule has 0 spiro atoms. The number of nitrogens with zero attached hydrogens (tertiary/aromatic N) is 1. The van der Waals surface area contributed by atoms with Crippen molar-refractivity contribution in [3.63, 3.8) is 0 Å². The maximum absolute atomic E-state index is 11.4. The Morgan fingerprint density at radius 2 is 1.52 bits per heavy atom. The Labute approximate surface area is 138 Å². The molecule has 2 saturated heterocycles. The molecule has 0 unspecified atom stereocenters. The minimum atomic E-state index is -0.0936. The van der Waals surface area contributed by atoms with E-state index in [9.17, 15) is 9.59 Å². The summed E-state index contributed by atoms with van der Waals surface area (Å²) in [5.41, 5.74) is 1.39. The van der Waals surface area contributed by atoms with Crippen molar-refractivity contribution in [1.82, 2.24) is 10.2 Å². The van der Waals surface area contributed by atoms with Crippen molar-refractivity contribution < 1.29 is 9.59 Å². The van der Waals surface area contributed by atoms with Crippen LogP contribution in [0.2, 0.25) is 0 Å². The number of benzene rings is 1. The van der Waals surface area contributed by atoms with Crippen LogP contribution in [0, 0.1) is 11.8 Å². The summed E-state index contributed by atoms with van der Waals surface area (Å²) in [6.07, 6.45) is 5.70. The van der Waals surface area contributed by atoms with E-state index in [1.54, 1.807) is 0 Å². The van der Waals surface area contributed by atoms with Gasteiger partial charge in [-0.25, -0.2) is 0 Å². The highest BCUT2D eigenvalue weighted by atomic mass is 16.2. The van der Waals surface area contributed by atoms with Gasteiger partial charge in [0, 0.05) is 19.4 Å². The Balaban J connectivity index is 1.38. The summed E-state index contributed by atoms with van der Waals surface area (Å²) < 4.78 is 0. The predicted molar refractivity (Wildman–Crippen MR) is 89.6 cm³/mol. The molecule has 1 aromatic carbocycles. The van der Waals surface area contributed by atoms with Gasteiger partial charge >= 0.3 is 0 Å². The Bertz CT molecular complexity index is 520. The molecule has 2 fully saturated rings. The number of likely N-dealkylation sites (tertiary alicyclic amines) is 1. The largest absolute Gasteiger partial charge is 0.299 e.